The summed E-state index contributed by atoms with van der Waals surface area (Å²) in [4.78, 5) is 12.6. The van der Waals surface area contributed by atoms with Crippen LogP contribution in [0.15, 0.2) is 52.7 Å². The lowest BCUT2D eigenvalue weighted by atomic mass is 10.2. The van der Waals surface area contributed by atoms with Crippen LogP contribution >= 0.6 is 11.6 Å². The minimum absolute atomic E-state index is 0.0692. The third-order valence-corrected chi connectivity index (χ3v) is 3.92. The molecular formula is C18H21ClN4O2. The molecule has 0 aliphatic carbocycles. The molecule has 0 unspecified atom stereocenters. The number of nitro benzene ring substituents is 1. The van der Waals surface area contributed by atoms with Gasteiger partial charge in [0.1, 0.15) is 5.69 Å². The Balaban J connectivity index is 2.12. The van der Waals surface area contributed by atoms with Crippen molar-refractivity contribution in [2.24, 2.45) is 10.2 Å². The maximum atomic E-state index is 10.7. The molecule has 0 aliphatic rings. The van der Waals surface area contributed by atoms with E-state index in [0.29, 0.717) is 11.4 Å². The highest BCUT2D eigenvalue weighted by Gasteiger charge is 2.09. The van der Waals surface area contributed by atoms with Crippen molar-refractivity contribution >= 4 is 34.4 Å². The molecule has 2 rings (SSSR count). The van der Waals surface area contributed by atoms with Crippen LogP contribution in [-0.4, -0.2) is 18.0 Å². The zero-order valence-electron chi connectivity index (χ0n) is 14.4. The Labute approximate surface area is 152 Å². The lowest BCUT2D eigenvalue weighted by Gasteiger charge is -2.23. The molecule has 0 spiro atoms. The van der Waals surface area contributed by atoms with Gasteiger partial charge in [0, 0.05) is 30.9 Å². The molecule has 2 aromatic carbocycles. The second kappa shape index (κ2) is 9.13. The second-order valence-electron chi connectivity index (χ2n) is 5.60. The molecule has 0 bridgehead atoms. The SMILES string of the molecule is CCCN(CCC)c1ccc(N=Nc2ccc([N+](=O)[O-])cc2Cl)cc1. The number of anilines is 1. The van der Waals surface area contributed by atoms with E-state index in [2.05, 4.69) is 29.0 Å². The van der Waals surface area contributed by atoms with E-state index in [1.54, 1.807) is 0 Å². The van der Waals surface area contributed by atoms with Gasteiger partial charge in [-0.15, -0.1) is 5.11 Å². The van der Waals surface area contributed by atoms with Gasteiger partial charge in [-0.05, 0) is 43.2 Å². The van der Waals surface area contributed by atoms with Gasteiger partial charge in [-0.3, -0.25) is 10.1 Å². The highest BCUT2D eigenvalue weighted by molar-refractivity contribution is 6.33. The number of azo groups is 1. The first-order valence-electron chi connectivity index (χ1n) is 8.25. The Hall–Kier alpha value is -2.47. The third-order valence-electron chi connectivity index (χ3n) is 3.62. The fourth-order valence-corrected chi connectivity index (χ4v) is 2.65. The largest absolute Gasteiger partial charge is 0.372 e. The first kappa shape index (κ1) is 18.9. The molecule has 0 fully saturated rings. The number of benzene rings is 2. The highest BCUT2D eigenvalue weighted by Crippen LogP contribution is 2.30. The maximum Gasteiger partial charge on any atom is 0.271 e. The van der Waals surface area contributed by atoms with Crippen LogP contribution in [-0.2, 0) is 0 Å². The van der Waals surface area contributed by atoms with Crippen molar-refractivity contribution in [2.45, 2.75) is 26.7 Å². The normalized spacial score (nSPS) is 11.0. The number of hydrogen-bond acceptors (Lipinski definition) is 5. The van der Waals surface area contributed by atoms with Gasteiger partial charge in [0.2, 0.25) is 0 Å². The number of hydrogen-bond donors (Lipinski definition) is 0. The summed E-state index contributed by atoms with van der Waals surface area (Å²) in [5.74, 6) is 0. The summed E-state index contributed by atoms with van der Waals surface area (Å²) in [7, 11) is 0. The molecule has 0 aromatic heterocycles. The van der Waals surface area contributed by atoms with Gasteiger partial charge in [-0.2, -0.15) is 5.11 Å². The average molecular weight is 361 g/mol. The molecule has 0 saturated heterocycles. The van der Waals surface area contributed by atoms with Crippen molar-refractivity contribution in [3.8, 4) is 0 Å². The van der Waals surface area contributed by atoms with Crippen molar-refractivity contribution in [2.75, 3.05) is 18.0 Å². The summed E-state index contributed by atoms with van der Waals surface area (Å²) in [6.45, 7) is 6.37. The standard InChI is InChI=1S/C18H21ClN4O2/c1-3-11-22(12-4-2)15-7-5-14(6-8-15)20-21-18-10-9-16(23(24)25)13-17(18)19/h5-10,13H,3-4,11-12H2,1-2H3. The molecule has 7 heteroatoms. The number of nitrogens with zero attached hydrogens (tertiary/aromatic N) is 4. The Kier molecular flexibility index (Phi) is 6.89. The molecule has 6 nitrogen and oxygen atoms in total. The number of rotatable bonds is 8. The van der Waals surface area contributed by atoms with Gasteiger partial charge in [0.25, 0.3) is 5.69 Å². The van der Waals surface area contributed by atoms with Crippen LogP contribution < -0.4 is 4.90 Å². The van der Waals surface area contributed by atoms with Gasteiger partial charge < -0.3 is 4.90 Å². The molecular weight excluding hydrogens is 340 g/mol. The van der Waals surface area contributed by atoms with Gasteiger partial charge in [-0.1, -0.05) is 25.4 Å². The van der Waals surface area contributed by atoms with E-state index in [1.165, 1.54) is 18.2 Å². The summed E-state index contributed by atoms with van der Waals surface area (Å²) >= 11 is 6.01. The number of halogens is 1. The molecule has 0 amide bonds. The molecule has 0 radical (unpaired) electrons. The monoisotopic (exact) mass is 360 g/mol. The van der Waals surface area contributed by atoms with Crippen molar-refractivity contribution in [1.82, 2.24) is 0 Å². The van der Waals surface area contributed by atoms with Gasteiger partial charge in [-0.25, -0.2) is 0 Å². The zero-order valence-corrected chi connectivity index (χ0v) is 15.1. The molecule has 0 heterocycles. The summed E-state index contributed by atoms with van der Waals surface area (Å²) in [6.07, 6.45) is 2.19. The van der Waals surface area contributed by atoms with Crippen LogP contribution in [0.25, 0.3) is 0 Å². The Morgan fingerprint density at radius 1 is 1.04 bits per heavy atom. The zero-order chi connectivity index (χ0) is 18.2. The maximum absolute atomic E-state index is 10.7. The van der Waals surface area contributed by atoms with Crippen LogP contribution in [0.4, 0.5) is 22.7 Å². The fourth-order valence-electron chi connectivity index (χ4n) is 2.44. The first-order chi connectivity index (χ1) is 12.0. The van der Waals surface area contributed by atoms with Gasteiger partial charge in [0.15, 0.2) is 0 Å². The van der Waals surface area contributed by atoms with E-state index in [9.17, 15) is 10.1 Å². The van der Waals surface area contributed by atoms with E-state index in [-0.39, 0.29) is 10.7 Å². The van der Waals surface area contributed by atoms with Crippen LogP contribution in [0.2, 0.25) is 5.02 Å². The van der Waals surface area contributed by atoms with Gasteiger partial charge in [0.05, 0.1) is 15.6 Å². The smallest absolute Gasteiger partial charge is 0.271 e. The molecule has 2 aromatic rings. The molecule has 0 saturated carbocycles. The minimum atomic E-state index is -0.496. The first-order valence-corrected chi connectivity index (χ1v) is 8.63. The number of non-ortho nitro benzene ring substituents is 1. The molecule has 25 heavy (non-hydrogen) atoms. The molecule has 0 aliphatic heterocycles. The summed E-state index contributed by atoms with van der Waals surface area (Å²) in [5, 5.41) is 19.2. The quantitative estimate of drug-likeness (QED) is 0.315. The van der Waals surface area contributed by atoms with Crippen LogP contribution in [0.1, 0.15) is 26.7 Å². The van der Waals surface area contributed by atoms with Crippen molar-refractivity contribution in [3.05, 3.63) is 57.6 Å². The molecule has 0 atom stereocenters. The van der Waals surface area contributed by atoms with E-state index in [4.69, 9.17) is 11.6 Å². The topological polar surface area (TPSA) is 71.1 Å². The van der Waals surface area contributed by atoms with Crippen molar-refractivity contribution < 1.29 is 4.92 Å². The van der Waals surface area contributed by atoms with E-state index >= 15 is 0 Å². The Morgan fingerprint density at radius 2 is 1.68 bits per heavy atom. The van der Waals surface area contributed by atoms with E-state index in [1.807, 2.05) is 24.3 Å². The number of nitro groups is 1. The summed E-state index contributed by atoms with van der Waals surface area (Å²) in [5.41, 5.74) is 2.19. The minimum Gasteiger partial charge on any atom is -0.372 e. The molecule has 132 valence electrons. The Morgan fingerprint density at radius 3 is 2.20 bits per heavy atom. The molecule has 0 N–H and O–H groups in total. The van der Waals surface area contributed by atoms with Crippen LogP contribution in [0.3, 0.4) is 0 Å². The second-order valence-corrected chi connectivity index (χ2v) is 6.00. The van der Waals surface area contributed by atoms with Crippen LogP contribution in [0, 0.1) is 10.1 Å². The van der Waals surface area contributed by atoms with Crippen LogP contribution in [0.5, 0.6) is 0 Å². The fraction of sp³-hybridized carbons (Fsp3) is 0.333. The Bertz CT molecular complexity index is 741. The lowest BCUT2D eigenvalue weighted by molar-refractivity contribution is -0.384. The van der Waals surface area contributed by atoms with Crippen molar-refractivity contribution in [1.29, 1.82) is 0 Å². The summed E-state index contributed by atoms with van der Waals surface area (Å²) in [6, 6.07) is 12.0. The predicted octanol–water partition coefficient (Wildman–Crippen LogP) is 6.29. The lowest BCUT2D eigenvalue weighted by Crippen LogP contribution is -2.24. The van der Waals surface area contributed by atoms with E-state index in [0.717, 1.165) is 31.6 Å². The predicted molar refractivity (Wildman–Crippen MR) is 102 cm³/mol. The average Bonchev–Trinajstić information content (AvgIpc) is 2.61. The van der Waals surface area contributed by atoms with E-state index < -0.39 is 4.92 Å². The highest BCUT2D eigenvalue weighted by atomic mass is 35.5. The van der Waals surface area contributed by atoms with Crippen molar-refractivity contribution in [3.63, 3.8) is 0 Å². The summed E-state index contributed by atoms with van der Waals surface area (Å²) < 4.78 is 0. The van der Waals surface area contributed by atoms with Gasteiger partial charge >= 0.3 is 0 Å². The third kappa shape index (κ3) is 5.26.